The summed E-state index contributed by atoms with van der Waals surface area (Å²) in [7, 11) is 1.85. The van der Waals surface area contributed by atoms with Crippen LogP contribution in [0.4, 0.5) is 15.9 Å². The Morgan fingerprint density at radius 3 is 2.71 bits per heavy atom. The molecule has 0 radical (unpaired) electrons. The molecule has 2 atom stereocenters. The van der Waals surface area contributed by atoms with Crippen molar-refractivity contribution in [2.45, 2.75) is 31.7 Å². The quantitative estimate of drug-likeness (QED) is 0.679. The van der Waals surface area contributed by atoms with E-state index in [1.807, 2.05) is 32.3 Å². The van der Waals surface area contributed by atoms with Crippen LogP contribution in [-0.4, -0.2) is 26.5 Å². The molecule has 0 bridgehead atoms. The highest BCUT2D eigenvalue weighted by Gasteiger charge is 2.31. The minimum Gasteiger partial charge on any atom is -0.382 e. The standard InChI is InChI=1S/C21H23FN6/c1-12(14-10-26-28(2)11-14)27-20-15(7-8-25-21(20)24)13-3-4-16(18(22)9-13)17-5-6-19(17)23/h3-4,7-11,17,19H,5-6,23H2,1-2H3,(H2,24,25)/b27-12+. The van der Waals surface area contributed by atoms with Crippen LogP contribution in [0.5, 0.6) is 0 Å². The van der Waals surface area contributed by atoms with Crippen LogP contribution in [0.25, 0.3) is 11.1 Å². The highest BCUT2D eigenvalue weighted by molar-refractivity contribution is 6.01. The first-order valence-electron chi connectivity index (χ1n) is 9.28. The fourth-order valence-corrected chi connectivity index (χ4v) is 3.57. The Balaban J connectivity index is 1.75. The summed E-state index contributed by atoms with van der Waals surface area (Å²) in [6.45, 7) is 1.88. The maximum absolute atomic E-state index is 14.8. The van der Waals surface area contributed by atoms with Crippen LogP contribution in [0.2, 0.25) is 0 Å². The molecule has 1 fully saturated rings. The molecule has 4 rings (SSSR count). The van der Waals surface area contributed by atoms with Crippen LogP contribution in [-0.2, 0) is 7.05 Å². The van der Waals surface area contributed by atoms with Crippen molar-refractivity contribution in [1.29, 1.82) is 0 Å². The third kappa shape index (κ3) is 3.29. The second kappa shape index (κ2) is 7.16. The number of nitrogen functional groups attached to an aromatic ring is 1. The fourth-order valence-electron chi connectivity index (χ4n) is 3.57. The first-order chi connectivity index (χ1) is 13.4. The van der Waals surface area contributed by atoms with Gasteiger partial charge < -0.3 is 11.5 Å². The number of hydrogen-bond acceptors (Lipinski definition) is 5. The SMILES string of the molecule is C/C(=N\c1c(-c2ccc(C3CCC3N)c(F)c2)ccnc1N)c1cnn(C)c1. The van der Waals surface area contributed by atoms with E-state index in [1.165, 1.54) is 6.07 Å². The molecule has 4 N–H and O–H groups in total. The summed E-state index contributed by atoms with van der Waals surface area (Å²) in [6.07, 6.45) is 7.10. The molecule has 3 aromatic rings. The number of nitrogens with two attached hydrogens (primary N) is 2. The predicted molar refractivity (Wildman–Crippen MR) is 109 cm³/mol. The van der Waals surface area contributed by atoms with Crippen LogP contribution in [0, 0.1) is 5.82 Å². The second-order valence-electron chi connectivity index (χ2n) is 7.28. The Morgan fingerprint density at radius 2 is 2.11 bits per heavy atom. The van der Waals surface area contributed by atoms with Crippen LogP contribution in [0.1, 0.15) is 36.8 Å². The van der Waals surface area contributed by atoms with E-state index in [1.54, 1.807) is 23.1 Å². The summed E-state index contributed by atoms with van der Waals surface area (Å²) in [5, 5.41) is 4.17. The van der Waals surface area contributed by atoms with E-state index in [-0.39, 0.29) is 17.8 Å². The van der Waals surface area contributed by atoms with Gasteiger partial charge >= 0.3 is 0 Å². The lowest BCUT2D eigenvalue weighted by Gasteiger charge is -2.34. The van der Waals surface area contributed by atoms with Gasteiger partial charge in [-0.15, -0.1) is 0 Å². The third-order valence-electron chi connectivity index (χ3n) is 5.39. The third-order valence-corrected chi connectivity index (χ3v) is 5.39. The molecule has 144 valence electrons. The van der Waals surface area contributed by atoms with Crippen molar-refractivity contribution in [3.05, 3.63) is 59.8 Å². The van der Waals surface area contributed by atoms with Gasteiger partial charge in [0.05, 0.1) is 6.20 Å². The van der Waals surface area contributed by atoms with Crippen LogP contribution >= 0.6 is 0 Å². The zero-order valence-electron chi connectivity index (χ0n) is 15.9. The number of pyridine rings is 1. The summed E-state index contributed by atoms with van der Waals surface area (Å²) in [4.78, 5) is 8.84. The molecule has 28 heavy (non-hydrogen) atoms. The van der Waals surface area contributed by atoms with E-state index in [4.69, 9.17) is 11.5 Å². The Hall–Kier alpha value is -3.06. The molecular formula is C21H23FN6. The summed E-state index contributed by atoms with van der Waals surface area (Å²) in [5.74, 6) is 0.153. The van der Waals surface area contributed by atoms with Crippen LogP contribution in [0.15, 0.2) is 47.8 Å². The van der Waals surface area contributed by atoms with Crippen molar-refractivity contribution < 1.29 is 4.39 Å². The molecule has 1 saturated carbocycles. The van der Waals surface area contributed by atoms with Crippen molar-refractivity contribution in [2.75, 3.05) is 5.73 Å². The monoisotopic (exact) mass is 378 g/mol. The van der Waals surface area contributed by atoms with Crippen molar-refractivity contribution in [1.82, 2.24) is 14.8 Å². The number of aryl methyl sites for hydroxylation is 1. The average molecular weight is 378 g/mol. The smallest absolute Gasteiger partial charge is 0.149 e. The highest BCUT2D eigenvalue weighted by Crippen LogP contribution is 2.40. The summed E-state index contributed by atoms with van der Waals surface area (Å²) >= 11 is 0. The number of halogens is 1. The Labute approximate surface area is 163 Å². The Morgan fingerprint density at radius 1 is 1.29 bits per heavy atom. The van der Waals surface area contributed by atoms with Gasteiger partial charge in [-0.2, -0.15) is 5.10 Å². The maximum atomic E-state index is 14.8. The number of nitrogens with zero attached hydrogens (tertiary/aromatic N) is 4. The van der Waals surface area contributed by atoms with Crippen molar-refractivity contribution >= 4 is 17.2 Å². The van der Waals surface area contributed by atoms with Gasteiger partial charge in [0.1, 0.15) is 17.3 Å². The molecule has 2 heterocycles. The van der Waals surface area contributed by atoms with E-state index in [9.17, 15) is 4.39 Å². The number of anilines is 1. The van der Waals surface area contributed by atoms with E-state index < -0.39 is 0 Å². The average Bonchev–Trinajstić information content (AvgIpc) is 3.10. The molecule has 0 amide bonds. The van der Waals surface area contributed by atoms with E-state index in [2.05, 4.69) is 15.1 Å². The first kappa shape index (κ1) is 18.3. The first-order valence-corrected chi connectivity index (χ1v) is 9.28. The van der Waals surface area contributed by atoms with Gasteiger partial charge in [0.25, 0.3) is 0 Å². The van der Waals surface area contributed by atoms with Crippen LogP contribution in [0.3, 0.4) is 0 Å². The lowest BCUT2D eigenvalue weighted by Crippen LogP contribution is -2.37. The maximum Gasteiger partial charge on any atom is 0.149 e. The number of aromatic nitrogens is 3. The lowest BCUT2D eigenvalue weighted by atomic mass is 9.75. The fraction of sp³-hybridized carbons (Fsp3) is 0.286. The molecule has 2 unspecified atom stereocenters. The zero-order valence-corrected chi connectivity index (χ0v) is 15.9. The normalized spacial score (nSPS) is 19.5. The van der Waals surface area contributed by atoms with Gasteiger partial charge in [0.15, 0.2) is 0 Å². The molecular weight excluding hydrogens is 355 g/mol. The van der Waals surface area contributed by atoms with Crippen molar-refractivity contribution in [3.8, 4) is 11.1 Å². The molecule has 0 saturated heterocycles. The van der Waals surface area contributed by atoms with E-state index in [0.29, 0.717) is 22.6 Å². The molecule has 1 aliphatic carbocycles. The zero-order chi connectivity index (χ0) is 19.8. The summed E-state index contributed by atoms with van der Waals surface area (Å²) in [5.41, 5.74) is 16.4. The van der Waals surface area contributed by atoms with Crippen molar-refractivity contribution in [2.24, 2.45) is 17.8 Å². The minimum absolute atomic E-state index is 0.0409. The molecule has 2 aromatic heterocycles. The highest BCUT2D eigenvalue weighted by atomic mass is 19.1. The van der Waals surface area contributed by atoms with Gasteiger partial charge in [-0.25, -0.2) is 14.4 Å². The topological polar surface area (TPSA) is 95.1 Å². The molecule has 1 aliphatic rings. The number of aliphatic imine (C=N–C) groups is 1. The summed E-state index contributed by atoms with van der Waals surface area (Å²) < 4.78 is 16.5. The van der Waals surface area contributed by atoms with Gasteiger partial charge in [0, 0.05) is 48.2 Å². The second-order valence-corrected chi connectivity index (χ2v) is 7.28. The van der Waals surface area contributed by atoms with Crippen LogP contribution < -0.4 is 11.5 Å². The van der Waals surface area contributed by atoms with Gasteiger partial charge in [-0.05, 0) is 43.0 Å². The molecule has 7 heteroatoms. The Kier molecular flexibility index (Phi) is 4.68. The molecule has 0 spiro atoms. The van der Waals surface area contributed by atoms with Crippen molar-refractivity contribution in [3.63, 3.8) is 0 Å². The lowest BCUT2D eigenvalue weighted by molar-refractivity contribution is 0.337. The predicted octanol–water partition coefficient (Wildman–Crippen LogP) is 3.55. The number of benzene rings is 1. The number of rotatable bonds is 4. The van der Waals surface area contributed by atoms with Gasteiger partial charge in [-0.1, -0.05) is 12.1 Å². The molecule has 6 nitrogen and oxygen atoms in total. The van der Waals surface area contributed by atoms with Gasteiger partial charge in [0.2, 0.25) is 0 Å². The summed E-state index contributed by atoms with van der Waals surface area (Å²) in [6, 6.07) is 7.10. The van der Waals surface area contributed by atoms with Gasteiger partial charge in [-0.3, -0.25) is 4.68 Å². The molecule has 1 aromatic carbocycles. The minimum atomic E-state index is -0.244. The molecule has 0 aliphatic heterocycles. The van der Waals surface area contributed by atoms with E-state index in [0.717, 1.165) is 29.7 Å². The van der Waals surface area contributed by atoms with E-state index >= 15 is 0 Å². The number of hydrogen-bond donors (Lipinski definition) is 2. The Bertz CT molecular complexity index is 1050. The largest absolute Gasteiger partial charge is 0.382 e.